The van der Waals surface area contributed by atoms with Crippen LogP contribution in [0.5, 0.6) is 0 Å². The van der Waals surface area contributed by atoms with E-state index in [0.29, 0.717) is 12.2 Å². The van der Waals surface area contributed by atoms with Crippen molar-refractivity contribution >= 4 is 5.78 Å². The van der Waals surface area contributed by atoms with Crippen LogP contribution in [0.4, 0.5) is 4.39 Å². The van der Waals surface area contributed by atoms with Crippen LogP contribution in [-0.4, -0.2) is 5.78 Å². The summed E-state index contributed by atoms with van der Waals surface area (Å²) in [6.07, 6.45) is 2.36. The molecule has 2 fully saturated rings. The van der Waals surface area contributed by atoms with E-state index < -0.39 is 5.82 Å². The average molecular weight is 215 g/mol. The zero-order valence-corrected chi connectivity index (χ0v) is 8.66. The van der Waals surface area contributed by atoms with Gasteiger partial charge in [0.2, 0.25) is 0 Å². The van der Waals surface area contributed by atoms with Gasteiger partial charge in [-0.1, -0.05) is 6.07 Å². The van der Waals surface area contributed by atoms with Crippen LogP contribution in [0, 0.1) is 23.1 Å². The molecule has 0 saturated heterocycles. The Balaban J connectivity index is 2.04. The van der Waals surface area contributed by atoms with E-state index in [4.69, 9.17) is 5.26 Å². The Kier molecular flexibility index (Phi) is 1.74. The summed E-state index contributed by atoms with van der Waals surface area (Å²) in [6.45, 7) is 0. The molecule has 3 rings (SSSR count). The third kappa shape index (κ3) is 1.07. The molecule has 2 saturated carbocycles. The number of Topliss-reactive ketones (excluding diaryl/α,β-unsaturated/α-hetero) is 1. The molecule has 1 aromatic carbocycles. The van der Waals surface area contributed by atoms with Crippen molar-refractivity contribution in [3.8, 4) is 6.07 Å². The minimum absolute atomic E-state index is 0.0591. The van der Waals surface area contributed by atoms with E-state index in [0.717, 1.165) is 18.4 Å². The summed E-state index contributed by atoms with van der Waals surface area (Å²) in [5.41, 5.74) is 0.981. The molecular weight excluding hydrogens is 205 g/mol. The van der Waals surface area contributed by atoms with Gasteiger partial charge in [0.15, 0.2) is 0 Å². The number of rotatable bonds is 1. The van der Waals surface area contributed by atoms with Crippen LogP contribution >= 0.6 is 0 Å². The third-order valence-corrected chi connectivity index (χ3v) is 3.94. The highest BCUT2D eigenvalue weighted by molar-refractivity contribution is 5.89. The van der Waals surface area contributed by atoms with Crippen LogP contribution in [0.3, 0.4) is 0 Å². The van der Waals surface area contributed by atoms with Crippen LogP contribution < -0.4 is 0 Å². The topological polar surface area (TPSA) is 40.9 Å². The molecule has 0 radical (unpaired) electrons. The van der Waals surface area contributed by atoms with Crippen LogP contribution in [0.2, 0.25) is 0 Å². The zero-order chi connectivity index (χ0) is 11.3. The molecule has 0 aliphatic heterocycles. The summed E-state index contributed by atoms with van der Waals surface area (Å²) in [7, 11) is 0. The van der Waals surface area contributed by atoms with Crippen molar-refractivity contribution in [1.82, 2.24) is 0 Å². The first-order valence-corrected chi connectivity index (χ1v) is 5.40. The summed E-state index contributed by atoms with van der Waals surface area (Å²) in [6, 6.07) is 6.50. The van der Waals surface area contributed by atoms with E-state index in [9.17, 15) is 9.18 Å². The third-order valence-electron chi connectivity index (χ3n) is 3.94. The van der Waals surface area contributed by atoms with Crippen molar-refractivity contribution in [1.29, 1.82) is 5.26 Å². The predicted molar refractivity (Wildman–Crippen MR) is 55.1 cm³/mol. The van der Waals surface area contributed by atoms with Gasteiger partial charge in [-0.3, -0.25) is 4.79 Å². The van der Waals surface area contributed by atoms with Gasteiger partial charge < -0.3 is 0 Å². The van der Waals surface area contributed by atoms with Gasteiger partial charge >= 0.3 is 0 Å². The second-order valence-corrected chi connectivity index (χ2v) is 4.69. The van der Waals surface area contributed by atoms with Crippen molar-refractivity contribution in [3.05, 3.63) is 35.1 Å². The van der Waals surface area contributed by atoms with E-state index >= 15 is 0 Å². The van der Waals surface area contributed by atoms with Gasteiger partial charge in [0.25, 0.3) is 0 Å². The molecule has 0 amide bonds. The van der Waals surface area contributed by atoms with Crippen LogP contribution in [0.15, 0.2) is 18.2 Å². The first kappa shape index (κ1) is 9.53. The maximum atomic E-state index is 13.2. The van der Waals surface area contributed by atoms with Crippen LogP contribution in [-0.2, 0) is 10.2 Å². The normalized spacial score (nSPS) is 31.0. The number of nitrogens with zero attached hydrogens (tertiary/aromatic N) is 1. The van der Waals surface area contributed by atoms with E-state index in [1.54, 1.807) is 12.1 Å². The Hall–Kier alpha value is -1.69. The molecule has 0 N–H and O–H groups in total. The Bertz CT molecular complexity index is 531. The van der Waals surface area contributed by atoms with Gasteiger partial charge in [-0.15, -0.1) is 0 Å². The number of ketones is 1. The Labute approximate surface area is 92.7 Å². The summed E-state index contributed by atoms with van der Waals surface area (Å²) < 4.78 is 13.2. The second-order valence-electron chi connectivity index (χ2n) is 4.69. The molecule has 0 aromatic heterocycles. The average Bonchev–Trinajstić information content (AvgIpc) is 2.95. The summed E-state index contributed by atoms with van der Waals surface area (Å²) in [5, 5.41) is 8.78. The molecule has 16 heavy (non-hydrogen) atoms. The van der Waals surface area contributed by atoms with E-state index in [-0.39, 0.29) is 16.9 Å². The molecule has 0 unspecified atom stereocenters. The van der Waals surface area contributed by atoms with E-state index in [1.807, 2.05) is 6.07 Å². The van der Waals surface area contributed by atoms with Crippen molar-refractivity contribution in [2.75, 3.05) is 0 Å². The monoisotopic (exact) mass is 215 g/mol. The Morgan fingerprint density at radius 2 is 2.31 bits per heavy atom. The quantitative estimate of drug-likeness (QED) is 0.721. The maximum Gasteiger partial charge on any atom is 0.140 e. The highest BCUT2D eigenvalue weighted by atomic mass is 19.1. The highest BCUT2D eigenvalue weighted by Crippen LogP contribution is 2.62. The molecule has 2 nitrogen and oxygen atoms in total. The van der Waals surface area contributed by atoms with Gasteiger partial charge in [0.1, 0.15) is 17.7 Å². The molecule has 1 aromatic rings. The van der Waals surface area contributed by atoms with Gasteiger partial charge in [-0.05, 0) is 30.5 Å². The molecule has 0 heterocycles. The van der Waals surface area contributed by atoms with Gasteiger partial charge in [0.05, 0.1) is 5.56 Å². The van der Waals surface area contributed by atoms with Gasteiger partial charge in [-0.2, -0.15) is 5.26 Å². The number of carbonyl (C=O) groups excluding carboxylic acids is 1. The first-order valence-electron chi connectivity index (χ1n) is 5.40. The smallest absolute Gasteiger partial charge is 0.140 e. The maximum absolute atomic E-state index is 13.2. The Morgan fingerprint density at radius 3 is 2.88 bits per heavy atom. The van der Waals surface area contributed by atoms with Crippen molar-refractivity contribution in [2.24, 2.45) is 5.92 Å². The predicted octanol–water partition coefficient (Wildman–Crippen LogP) is 2.32. The lowest BCUT2D eigenvalue weighted by Crippen LogP contribution is -2.06. The minimum atomic E-state index is -0.482. The second kappa shape index (κ2) is 2.91. The fourth-order valence-corrected chi connectivity index (χ4v) is 2.91. The molecule has 3 heteroatoms. The summed E-state index contributed by atoms with van der Waals surface area (Å²) in [5.74, 6) is -0.0310. The molecule has 2 atom stereocenters. The number of nitriles is 1. The standard InChI is InChI=1S/C13H10FNO/c14-11-2-1-9(5-8(11)7-15)13-4-3-12(16)10(13)6-13/h1-2,5,10H,3-4,6H2/t10-,13-/m1/s1. The lowest BCUT2D eigenvalue weighted by Gasteiger charge is -2.11. The summed E-state index contributed by atoms with van der Waals surface area (Å²) in [4.78, 5) is 11.5. The highest BCUT2D eigenvalue weighted by Gasteiger charge is 2.62. The Morgan fingerprint density at radius 1 is 1.50 bits per heavy atom. The van der Waals surface area contributed by atoms with Gasteiger partial charge in [-0.25, -0.2) is 4.39 Å². The summed E-state index contributed by atoms with van der Waals surface area (Å²) >= 11 is 0. The van der Waals surface area contributed by atoms with E-state index in [2.05, 4.69) is 0 Å². The first-order chi connectivity index (χ1) is 7.67. The fourth-order valence-electron chi connectivity index (χ4n) is 2.91. The zero-order valence-electron chi connectivity index (χ0n) is 8.66. The minimum Gasteiger partial charge on any atom is -0.299 e. The SMILES string of the molecule is N#Cc1cc([C@]23CCC(=O)[C@H]2C3)ccc1F. The van der Waals surface area contributed by atoms with Crippen molar-refractivity contribution in [3.63, 3.8) is 0 Å². The van der Waals surface area contributed by atoms with E-state index in [1.165, 1.54) is 6.07 Å². The fraction of sp³-hybridized carbons (Fsp3) is 0.385. The lowest BCUT2D eigenvalue weighted by molar-refractivity contribution is -0.119. The molecule has 2 aliphatic carbocycles. The molecule has 0 bridgehead atoms. The van der Waals surface area contributed by atoms with Crippen LogP contribution in [0.25, 0.3) is 0 Å². The number of carbonyl (C=O) groups is 1. The van der Waals surface area contributed by atoms with Crippen LogP contribution in [0.1, 0.15) is 30.4 Å². The van der Waals surface area contributed by atoms with Crippen molar-refractivity contribution < 1.29 is 9.18 Å². The van der Waals surface area contributed by atoms with Gasteiger partial charge in [0, 0.05) is 17.8 Å². The lowest BCUT2D eigenvalue weighted by atomic mass is 9.92. The molecule has 80 valence electrons. The number of benzene rings is 1. The molecule has 0 spiro atoms. The number of hydrogen-bond acceptors (Lipinski definition) is 2. The largest absolute Gasteiger partial charge is 0.299 e. The number of fused-ring (bicyclic) bond motifs is 1. The number of halogens is 1. The number of hydrogen-bond donors (Lipinski definition) is 0. The molecule has 2 aliphatic rings. The molecular formula is C13H10FNO. The van der Waals surface area contributed by atoms with Crippen molar-refractivity contribution in [2.45, 2.75) is 24.7 Å².